The van der Waals surface area contributed by atoms with Crippen LogP contribution in [0.5, 0.6) is 0 Å². The number of aryl methyl sites for hydroxylation is 1. The van der Waals surface area contributed by atoms with Crippen LogP contribution >= 0.6 is 0 Å². The van der Waals surface area contributed by atoms with Gasteiger partial charge in [0.2, 0.25) is 0 Å². The van der Waals surface area contributed by atoms with Gasteiger partial charge in [-0.2, -0.15) is 0 Å². The zero-order valence-electron chi connectivity index (χ0n) is 6.72. The monoisotopic (exact) mass is 149 g/mol. The van der Waals surface area contributed by atoms with Crippen LogP contribution in [0.4, 0.5) is 5.69 Å². The number of hydrogen-bond donors (Lipinski definition) is 1. The maximum atomic E-state index is 10.4. The lowest BCUT2D eigenvalue weighted by Crippen LogP contribution is -1.92. The van der Waals surface area contributed by atoms with Crippen molar-refractivity contribution in [2.45, 2.75) is 6.92 Å². The van der Waals surface area contributed by atoms with Crippen LogP contribution < -0.4 is 5.32 Å². The van der Waals surface area contributed by atoms with Crippen molar-refractivity contribution < 1.29 is 4.79 Å². The topological polar surface area (TPSA) is 29.1 Å². The van der Waals surface area contributed by atoms with Crippen LogP contribution in [0.2, 0.25) is 0 Å². The molecule has 0 saturated carbocycles. The minimum atomic E-state index is 0.708. The molecule has 1 aromatic carbocycles. The summed E-state index contributed by atoms with van der Waals surface area (Å²) in [6.45, 7) is 2.00. The van der Waals surface area contributed by atoms with E-state index < -0.39 is 0 Å². The number of aldehydes is 1. The van der Waals surface area contributed by atoms with Gasteiger partial charge in [0.15, 0.2) is 0 Å². The van der Waals surface area contributed by atoms with E-state index in [9.17, 15) is 4.79 Å². The molecule has 2 heteroatoms. The van der Waals surface area contributed by atoms with E-state index in [0.29, 0.717) is 5.56 Å². The molecule has 0 heterocycles. The maximum Gasteiger partial charge on any atom is 0.150 e. The van der Waals surface area contributed by atoms with Gasteiger partial charge in [0, 0.05) is 18.3 Å². The second-order valence-corrected chi connectivity index (χ2v) is 2.44. The lowest BCUT2D eigenvalue weighted by molar-refractivity contribution is 0.112. The molecule has 2 nitrogen and oxygen atoms in total. The van der Waals surface area contributed by atoms with Crippen molar-refractivity contribution in [1.29, 1.82) is 0 Å². The van der Waals surface area contributed by atoms with Crippen LogP contribution in [-0.4, -0.2) is 13.3 Å². The molecule has 11 heavy (non-hydrogen) atoms. The first-order valence-electron chi connectivity index (χ1n) is 3.51. The minimum absolute atomic E-state index is 0.708. The van der Waals surface area contributed by atoms with Gasteiger partial charge in [-0.1, -0.05) is 12.1 Å². The first kappa shape index (κ1) is 7.79. The van der Waals surface area contributed by atoms with Crippen molar-refractivity contribution >= 4 is 12.0 Å². The van der Waals surface area contributed by atoms with E-state index in [1.807, 2.05) is 32.2 Å². The van der Waals surface area contributed by atoms with Gasteiger partial charge in [0.25, 0.3) is 0 Å². The Morgan fingerprint density at radius 1 is 1.45 bits per heavy atom. The molecule has 1 N–H and O–H groups in total. The van der Waals surface area contributed by atoms with Crippen molar-refractivity contribution in [1.82, 2.24) is 0 Å². The molecule has 58 valence electrons. The fourth-order valence-electron chi connectivity index (χ4n) is 0.982. The van der Waals surface area contributed by atoms with Gasteiger partial charge >= 0.3 is 0 Å². The van der Waals surface area contributed by atoms with Gasteiger partial charge in [0.1, 0.15) is 6.29 Å². The van der Waals surface area contributed by atoms with E-state index in [0.717, 1.165) is 17.5 Å². The van der Waals surface area contributed by atoms with Crippen LogP contribution in [0.25, 0.3) is 0 Å². The standard InChI is InChI=1S/C9H11NO/c1-7-3-4-8(6-11)5-9(7)10-2/h3-6,10H,1-2H3. The third kappa shape index (κ3) is 1.58. The summed E-state index contributed by atoms with van der Waals surface area (Å²) in [6.07, 6.45) is 0.848. The summed E-state index contributed by atoms with van der Waals surface area (Å²) in [5.41, 5.74) is 2.87. The molecule has 1 rings (SSSR count). The van der Waals surface area contributed by atoms with Crippen LogP contribution in [0, 0.1) is 6.92 Å². The average Bonchev–Trinajstić information content (AvgIpc) is 2.05. The fraction of sp³-hybridized carbons (Fsp3) is 0.222. The number of rotatable bonds is 2. The summed E-state index contributed by atoms with van der Waals surface area (Å²) in [6, 6.07) is 5.57. The second-order valence-electron chi connectivity index (χ2n) is 2.44. The lowest BCUT2D eigenvalue weighted by Gasteiger charge is -2.03. The Morgan fingerprint density at radius 2 is 2.18 bits per heavy atom. The zero-order chi connectivity index (χ0) is 8.27. The largest absolute Gasteiger partial charge is 0.388 e. The van der Waals surface area contributed by atoms with Crippen molar-refractivity contribution in [3.05, 3.63) is 29.3 Å². The smallest absolute Gasteiger partial charge is 0.150 e. The quantitative estimate of drug-likeness (QED) is 0.650. The Kier molecular flexibility index (Phi) is 2.26. The molecule has 0 saturated heterocycles. The summed E-state index contributed by atoms with van der Waals surface area (Å²) in [5.74, 6) is 0. The summed E-state index contributed by atoms with van der Waals surface area (Å²) in [4.78, 5) is 10.4. The molecule has 0 radical (unpaired) electrons. The molecule has 1 aromatic rings. The van der Waals surface area contributed by atoms with Crippen LogP contribution in [0.1, 0.15) is 15.9 Å². The van der Waals surface area contributed by atoms with E-state index in [-0.39, 0.29) is 0 Å². The molecule has 0 aliphatic heterocycles. The zero-order valence-corrected chi connectivity index (χ0v) is 6.72. The van der Waals surface area contributed by atoms with Crippen molar-refractivity contribution in [2.75, 3.05) is 12.4 Å². The number of carbonyl (C=O) groups is 1. The number of carbonyl (C=O) groups excluding carboxylic acids is 1. The first-order chi connectivity index (χ1) is 5.27. The van der Waals surface area contributed by atoms with Gasteiger partial charge in [-0.15, -0.1) is 0 Å². The Balaban J connectivity index is 3.12. The van der Waals surface area contributed by atoms with Crippen LogP contribution in [0.15, 0.2) is 18.2 Å². The summed E-state index contributed by atoms with van der Waals surface area (Å²) >= 11 is 0. The van der Waals surface area contributed by atoms with Gasteiger partial charge in [-0.25, -0.2) is 0 Å². The molecule has 0 aliphatic rings. The van der Waals surface area contributed by atoms with Gasteiger partial charge < -0.3 is 5.32 Å². The third-order valence-corrected chi connectivity index (χ3v) is 1.67. The molecule has 0 aliphatic carbocycles. The van der Waals surface area contributed by atoms with E-state index in [2.05, 4.69) is 5.32 Å². The number of nitrogens with one attached hydrogen (secondary N) is 1. The number of benzene rings is 1. The second kappa shape index (κ2) is 3.19. The molecule has 0 atom stereocenters. The SMILES string of the molecule is CNc1cc(C=O)ccc1C. The minimum Gasteiger partial charge on any atom is -0.388 e. The Morgan fingerprint density at radius 3 is 2.73 bits per heavy atom. The predicted octanol–water partition coefficient (Wildman–Crippen LogP) is 1.85. The van der Waals surface area contributed by atoms with Crippen LogP contribution in [0.3, 0.4) is 0 Å². The normalized spacial score (nSPS) is 9.27. The molecule has 0 amide bonds. The van der Waals surface area contributed by atoms with Crippen molar-refractivity contribution in [3.8, 4) is 0 Å². The molecule has 0 fully saturated rings. The molecule has 0 aromatic heterocycles. The van der Waals surface area contributed by atoms with Gasteiger partial charge in [-0.05, 0) is 18.6 Å². The summed E-state index contributed by atoms with van der Waals surface area (Å²) in [5, 5.41) is 3.01. The van der Waals surface area contributed by atoms with Crippen molar-refractivity contribution in [2.24, 2.45) is 0 Å². The number of anilines is 1. The molecular weight excluding hydrogens is 138 g/mol. The molecular formula is C9H11NO. The van der Waals surface area contributed by atoms with E-state index in [1.54, 1.807) is 0 Å². The maximum absolute atomic E-state index is 10.4. The van der Waals surface area contributed by atoms with E-state index in [1.165, 1.54) is 0 Å². The Bertz CT molecular complexity index is 268. The average molecular weight is 149 g/mol. The Labute approximate surface area is 66.2 Å². The third-order valence-electron chi connectivity index (χ3n) is 1.67. The van der Waals surface area contributed by atoms with Crippen LogP contribution in [-0.2, 0) is 0 Å². The van der Waals surface area contributed by atoms with E-state index in [4.69, 9.17) is 0 Å². The molecule has 0 spiro atoms. The highest BCUT2D eigenvalue weighted by molar-refractivity contribution is 5.77. The summed E-state index contributed by atoms with van der Waals surface area (Å²) in [7, 11) is 1.84. The highest BCUT2D eigenvalue weighted by atomic mass is 16.1. The van der Waals surface area contributed by atoms with E-state index >= 15 is 0 Å². The molecule has 0 unspecified atom stereocenters. The highest BCUT2D eigenvalue weighted by Gasteiger charge is 1.95. The highest BCUT2D eigenvalue weighted by Crippen LogP contribution is 2.14. The lowest BCUT2D eigenvalue weighted by atomic mass is 10.1. The fourth-order valence-corrected chi connectivity index (χ4v) is 0.982. The predicted molar refractivity (Wildman–Crippen MR) is 46.1 cm³/mol. The number of hydrogen-bond acceptors (Lipinski definition) is 2. The Hall–Kier alpha value is -1.31. The van der Waals surface area contributed by atoms with Crippen molar-refractivity contribution in [3.63, 3.8) is 0 Å². The van der Waals surface area contributed by atoms with Gasteiger partial charge in [0.05, 0.1) is 0 Å². The van der Waals surface area contributed by atoms with Gasteiger partial charge in [-0.3, -0.25) is 4.79 Å². The molecule has 0 bridgehead atoms. The summed E-state index contributed by atoms with van der Waals surface area (Å²) < 4.78 is 0. The first-order valence-corrected chi connectivity index (χ1v) is 3.51.